The molecule has 2 heterocycles. The van der Waals surface area contributed by atoms with Crippen molar-refractivity contribution in [1.29, 1.82) is 0 Å². The summed E-state index contributed by atoms with van der Waals surface area (Å²) >= 11 is 0. The molecule has 0 aliphatic rings. The highest BCUT2D eigenvalue weighted by Gasteiger charge is 2.19. The van der Waals surface area contributed by atoms with Crippen molar-refractivity contribution in [1.82, 2.24) is 19.5 Å². The van der Waals surface area contributed by atoms with E-state index in [9.17, 15) is 4.39 Å². The van der Waals surface area contributed by atoms with Crippen molar-refractivity contribution in [3.63, 3.8) is 0 Å². The quantitative estimate of drug-likeness (QED) is 0.555. The highest BCUT2D eigenvalue weighted by Crippen LogP contribution is 2.37. The van der Waals surface area contributed by atoms with Crippen LogP contribution in [0.15, 0.2) is 67.4 Å². The predicted molar refractivity (Wildman–Crippen MR) is 102 cm³/mol. The van der Waals surface area contributed by atoms with Crippen LogP contribution in [0.25, 0.3) is 22.5 Å². The number of imidazole rings is 2. The lowest BCUT2D eigenvalue weighted by Crippen LogP contribution is -2.04. The Hall–Kier alpha value is -3.41. The van der Waals surface area contributed by atoms with Gasteiger partial charge in [0.25, 0.3) is 0 Å². The number of halogens is 1. The molecule has 1 N–H and O–H groups in total. The third-order valence-corrected chi connectivity index (χ3v) is 4.48. The number of aromatic amines is 1. The highest BCUT2D eigenvalue weighted by molar-refractivity contribution is 5.81. The maximum atomic E-state index is 13.7. The number of hydrogen-bond acceptors (Lipinski definition) is 3. The minimum absolute atomic E-state index is 0.333. The summed E-state index contributed by atoms with van der Waals surface area (Å²) < 4.78 is 21.2. The third-order valence-electron chi connectivity index (χ3n) is 4.48. The second-order valence-electron chi connectivity index (χ2n) is 6.17. The van der Waals surface area contributed by atoms with E-state index in [-0.39, 0.29) is 5.82 Å². The first kappa shape index (κ1) is 17.0. The minimum Gasteiger partial charge on any atom is -0.496 e. The lowest BCUT2D eigenvalue weighted by atomic mass is 10.0. The molecule has 27 heavy (non-hydrogen) atoms. The largest absolute Gasteiger partial charge is 0.496 e. The number of aryl methyl sites for hydroxylation is 2. The van der Waals surface area contributed by atoms with Gasteiger partial charge >= 0.3 is 0 Å². The topological polar surface area (TPSA) is 55.7 Å². The van der Waals surface area contributed by atoms with E-state index in [1.807, 2.05) is 42.9 Å². The molecule has 0 unspecified atom stereocenters. The fraction of sp³-hybridized carbons (Fsp3) is 0.143. The smallest absolute Gasteiger partial charge is 0.131 e. The number of methoxy groups -OCH3 is 1. The Morgan fingerprint density at radius 2 is 2.00 bits per heavy atom. The molecule has 0 atom stereocenters. The van der Waals surface area contributed by atoms with Gasteiger partial charge in [-0.25, -0.2) is 14.4 Å². The van der Waals surface area contributed by atoms with Crippen molar-refractivity contribution >= 4 is 0 Å². The molecule has 0 saturated carbocycles. The van der Waals surface area contributed by atoms with E-state index in [4.69, 9.17) is 4.74 Å². The summed E-state index contributed by atoms with van der Waals surface area (Å²) in [6.45, 7) is 0.706. The van der Waals surface area contributed by atoms with Crippen LogP contribution < -0.4 is 4.74 Å². The molecule has 0 saturated heterocycles. The van der Waals surface area contributed by atoms with E-state index in [1.54, 1.807) is 19.5 Å². The molecule has 0 bridgehead atoms. The molecular weight excluding hydrogens is 343 g/mol. The zero-order valence-corrected chi connectivity index (χ0v) is 14.9. The van der Waals surface area contributed by atoms with Crippen LogP contribution in [0.3, 0.4) is 0 Å². The Morgan fingerprint density at radius 3 is 2.74 bits per heavy atom. The van der Waals surface area contributed by atoms with Gasteiger partial charge < -0.3 is 14.3 Å². The molecule has 2 aromatic carbocycles. The zero-order valence-electron chi connectivity index (χ0n) is 14.9. The van der Waals surface area contributed by atoms with Crippen molar-refractivity contribution < 1.29 is 9.13 Å². The Balaban J connectivity index is 1.82. The molecule has 0 radical (unpaired) electrons. The average molecular weight is 362 g/mol. The average Bonchev–Trinajstić information content (AvgIpc) is 3.36. The fourth-order valence-corrected chi connectivity index (χ4v) is 3.16. The van der Waals surface area contributed by atoms with E-state index < -0.39 is 0 Å². The Kier molecular flexibility index (Phi) is 4.70. The Labute approximate surface area is 156 Å². The van der Waals surface area contributed by atoms with Crippen molar-refractivity contribution in [2.45, 2.75) is 13.0 Å². The maximum absolute atomic E-state index is 13.7. The first-order valence-electron chi connectivity index (χ1n) is 8.68. The van der Waals surface area contributed by atoms with E-state index in [1.165, 1.54) is 12.1 Å². The standard InChI is InChI=1S/C21H19FN4O/c1-27-19-11-16(22)7-8-18(19)21-20(15-5-3-2-4-6-15)25-14-26(21)10-9-17-12-23-13-24-17/h2-8,11-14H,9-10H2,1H3,(H,23,24). The molecule has 2 aromatic heterocycles. The first-order chi connectivity index (χ1) is 13.3. The monoisotopic (exact) mass is 362 g/mol. The molecule has 0 amide bonds. The number of aromatic nitrogens is 4. The summed E-state index contributed by atoms with van der Waals surface area (Å²) in [5.74, 6) is 0.149. The van der Waals surface area contributed by atoms with E-state index >= 15 is 0 Å². The van der Waals surface area contributed by atoms with Crippen molar-refractivity contribution in [2.24, 2.45) is 0 Å². The molecule has 0 spiro atoms. The van der Waals surface area contributed by atoms with E-state index in [2.05, 4.69) is 19.5 Å². The Bertz CT molecular complexity index is 1030. The van der Waals surface area contributed by atoms with E-state index in [0.717, 1.165) is 34.6 Å². The number of ether oxygens (including phenoxy) is 1. The van der Waals surface area contributed by atoms with Gasteiger partial charge in [-0.3, -0.25) is 0 Å². The van der Waals surface area contributed by atoms with Crippen LogP contribution in [0.2, 0.25) is 0 Å². The number of nitrogens with zero attached hydrogens (tertiary/aromatic N) is 3. The molecule has 0 aliphatic carbocycles. The second-order valence-corrected chi connectivity index (χ2v) is 6.17. The molecule has 5 nitrogen and oxygen atoms in total. The van der Waals surface area contributed by atoms with E-state index in [0.29, 0.717) is 12.3 Å². The number of rotatable bonds is 6. The summed E-state index contributed by atoms with van der Waals surface area (Å²) in [6, 6.07) is 14.5. The predicted octanol–water partition coefficient (Wildman–Crippen LogP) is 4.33. The lowest BCUT2D eigenvalue weighted by Gasteiger charge is -2.14. The zero-order chi connectivity index (χ0) is 18.6. The molecule has 136 valence electrons. The summed E-state index contributed by atoms with van der Waals surface area (Å²) in [6.07, 6.45) is 6.08. The summed E-state index contributed by atoms with van der Waals surface area (Å²) in [7, 11) is 1.55. The SMILES string of the molecule is COc1cc(F)ccc1-c1c(-c2ccccc2)ncn1CCc1cnc[nH]1. The number of hydrogen-bond donors (Lipinski definition) is 1. The Morgan fingerprint density at radius 1 is 1.15 bits per heavy atom. The molecule has 4 rings (SSSR count). The lowest BCUT2D eigenvalue weighted by molar-refractivity contribution is 0.412. The maximum Gasteiger partial charge on any atom is 0.131 e. The summed E-state index contributed by atoms with van der Waals surface area (Å²) in [4.78, 5) is 11.8. The van der Waals surface area contributed by atoms with Crippen LogP contribution in [-0.4, -0.2) is 26.6 Å². The molecule has 0 fully saturated rings. The van der Waals surface area contributed by atoms with Gasteiger partial charge in [-0.1, -0.05) is 30.3 Å². The van der Waals surface area contributed by atoms with Crippen LogP contribution in [0, 0.1) is 5.82 Å². The van der Waals surface area contributed by atoms with Crippen molar-refractivity contribution in [3.8, 4) is 28.3 Å². The van der Waals surface area contributed by atoms with Gasteiger partial charge in [0.1, 0.15) is 11.6 Å². The van der Waals surface area contributed by atoms with Crippen molar-refractivity contribution in [2.75, 3.05) is 7.11 Å². The minimum atomic E-state index is -0.333. The van der Waals surface area contributed by atoms with Crippen LogP contribution in [0.4, 0.5) is 4.39 Å². The van der Waals surface area contributed by atoms with Gasteiger partial charge in [-0.2, -0.15) is 0 Å². The summed E-state index contributed by atoms with van der Waals surface area (Å²) in [5.41, 5.74) is 4.59. The van der Waals surface area contributed by atoms with Gasteiger partial charge in [-0.15, -0.1) is 0 Å². The van der Waals surface area contributed by atoms with Crippen LogP contribution >= 0.6 is 0 Å². The normalized spacial score (nSPS) is 10.9. The highest BCUT2D eigenvalue weighted by atomic mass is 19.1. The number of nitrogens with one attached hydrogen (secondary N) is 1. The molecular formula is C21H19FN4O. The van der Waals surface area contributed by atoms with Crippen LogP contribution in [0.1, 0.15) is 5.69 Å². The van der Waals surface area contributed by atoms with Gasteiger partial charge in [0, 0.05) is 42.0 Å². The van der Waals surface area contributed by atoms with Crippen molar-refractivity contribution in [3.05, 3.63) is 78.9 Å². The van der Waals surface area contributed by atoms with Gasteiger partial charge in [0.05, 0.1) is 31.2 Å². The molecule has 4 aromatic rings. The fourth-order valence-electron chi connectivity index (χ4n) is 3.16. The van der Waals surface area contributed by atoms with Gasteiger partial charge in [0.15, 0.2) is 0 Å². The molecule has 0 aliphatic heterocycles. The third kappa shape index (κ3) is 3.46. The van der Waals surface area contributed by atoms with Crippen LogP contribution in [0.5, 0.6) is 5.75 Å². The van der Waals surface area contributed by atoms with Crippen LogP contribution in [-0.2, 0) is 13.0 Å². The second kappa shape index (κ2) is 7.45. The summed E-state index contributed by atoms with van der Waals surface area (Å²) in [5, 5.41) is 0. The molecule has 6 heteroatoms. The number of benzene rings is 2. The first-order valence-corrected chi connectivity index (χ1v) is 8.68. The van der Waals surface area contributed by atoms with Gasteiger partial charge in [-0.05, 0) is 12.1 Å². The van der Waals surface area contributed by atoms with Gasteiger partial charge in [0.2, 0.25) is 0 Å². The number of H-pyrrole nitrogens is 1.